The van der Waals surface area contributed by atoms with Crippen molar-refractivity contribution in [3.8, 4) is 0 Å². The molecule has 0 saturated heterocycles. The van der Waals surface area contributed by atoms with Gasteiger partial charge in [-0.25, -0.2) is 17.8 Å². The Morgan fingerprint density at radius 2 is 2.11 bits per heavy atom. The van der Waals surface area contributed by atoms with Crippen LogP contribution < -0.4 is 0 Å². The van der Waals surface area contributed by atoms with Gasteiger partial charge in [-0.2, -0.15) is 0 Å². The number of hydrogen-bond donors (Lipinski definition) is 1. The molecule has 0 aliphatic heterocycles. The fraction of sp³-hybridized carbons (Fsp3) is 0.182. The molecule has 1 aromatic heterocycles. The van der Waals surface area contributed by atoms with Gasteiger partial charge in [-0.1, -0.05) is 16.4 Å². The first-order valence-electron chi connectivity index (χ1n) is 5.24. The second-order valence-corrected chi connectivity index (χ2v) is 5.88. The van der Waals surface area contributed by atoms with Gasteiger partial charge in [-0.05, 0) is 25.1 Å². The van der Waals surface area contributed by atoms with E-state index in [0.29, 0.717) is 5.69 Å². The Hall–Kier alpha value is -2.22. The normalized spacial score (nSPS) is 11.4. The van der Waals surface area contributed by atoms with Gasteiger partial charge in [0.25, 0.3) is 0 Å². The lowest BCUT2D eigenvalue weighted by molar-refractivity contribution is 0.0696. The first-order valence-corrected chi connectivity index (χ1v) is 6.89. The van der Waals surface area contributed by atoms with E-state index in [0.717, 1.165) is 6.07 Å². The van der Waals surface area contributed by atoms with Crippen LogP contribution in [0.15, 0.2) is 33.8 Å². The molecule has 1 aromatic carbocycles. The van der Waals surface area contributed by atoms with Gasteiger partial charge >= 0.3 is 5.97 Å². The molecule has 100 valence electrons. The zero-order chi connectivity index (χ0) is 14.0. The van der Waals surface area contributed by atoms with Gasteiger partial charge in [-0.15, -0.1) is 0 Å². The molecule has 0 radical (unpaired) electrons. The number of rotatable bonds is 4. The summed E-state index contributed by atoms with van der Waals surface area (Å²) in [4.78, 5) is 10.7. The summed E-state index contributed by atoms with van der Waals surface area (Å²) in [6.45, 7) is 1.58. The van der Waals surface area contributed by atoms with Crippen LogP contribution in [0.25, 0.3) is 0 Å². The highest BCUT2D eigenvalue weighted by Crippen LogP contribution is 2.18. The molecule has 0 spiro atoms. The van der Waals surface area contributed by atoms with Crippen molar-refractivity contribution in [1.29, 1.82) is 0 Å². The first kappa shape index (κ1) is 13.2. The number of carboxylic acid groups (broad SMARTS) is 1. The molecule has 2 rings (SSSR count). The van der Waals surface area contributed by atoms with Crippen molar-refractivity contribution in [2.75, 3.05) is 0 Å². The molecular weight excluding hydrogens is 272 g/mol. The van der Waals surface area contributed by atoms with Gasteiger partial charge in [0.15, 0.2) is 9.84 Å². The molecule has 19 heavy (non-hydrogen) atoms. The Kier molecular flexibility index (Phi) is 3.34. The Labute approximate surface area is 108 Å². The van der Waals surface area contributed by atoms with E-state index in [-0.39, 0.29) is 21.9 Å². The number of aromatic nitrogens is 2. The van der Waals surface area contributed by atoms with Crippen molar-refractivity contribution < 1.29 is 22.9 Å². The van der Waals surface area contributed by atoms with Crippen LogP contribution in [-0.2, 0) is 15.6 Å². The number of aryl methyl sites for hydroxylation is 1. The Morgan fingerprint density at radius 1 is 1.37 bits per heavy atom. The summed E-state index contributed by atoms with van der Waals surface area (Å²) in [5, 5.41) is 15.8. The summed E-state index contributed by atoms with van der Waals surface area (Å²) in [6, 6.07) is 5.15. The lowest BCUT2D eigenvalue weighted by Gasteiger charge is -2.03. The number of sulfone groups is 1. The summed E-state index contributed by atoms with van der Waals surface area (Å²) >= 11 is 0. The molecule has 0 unspecified atom stereocenters. The summed E-state index contributed by atoms with van der Waals surface area (Å²) in [5.41, 5.74) is 0.509. The van der Waals surface area contributed by atoms with E-state index in [2.05, 4.69) is 14.9 Å². The average molecular weight is 282 g/mol. The number of benzene rings is 1. The van der Waals surface area contributed by atoms with Gasteiger partial charge < -0.3 is 5.11 Å². The molecule has 1 heterocycles. The molecule has 8 heteroatoms. The van der Waals surface area contributed by atoms with E-state index in [1.54, 1.807) is 6.92 Å². The molecule has 0 fully saturated rings. The summed E-state index contributed by atoms with van der Waals surface area (Å²) < 4.78 is 28.7. The van der Waals surface area contributed by atoms with Gasteiger partial charge in [0.2, 0.25) is 0 Å². The zero-order valence-electron chi connectivity index (χ0n) is 9.90. The number of hydrogen-bond acceptors (Lipinski definition) is 6. The van der Waals surface area contributed by atoms with Gasteiger partial charge in [0.1, 0.15) is 17.1 Å². The highest BCUT2D eigenvalue weighted by molar-refractivity contribution is 7.90. The van der Waals surface area contributed by atoms with E-state index >= 15 is 0 Å². The molecule has 7 nitrogen and oxygen atoms in total. The predicted molar refractivity (Wildman–Crippen MR) is 63.3 cm³/mol. The highest BCUT2D eigenvalue weighted by Gasteiger charge is 2.20. The van der Waals surface area contributed by atoms with Crippen molar-refractivity contribution in [2.45, 2.75) is 17.6 Å². The minimum atomic E-state index is -3.69. The minimum absolute atomic E-state index is 0.0743. The van der Waals surface area contributed by atoms with E-state index in [4.69, 9.17) is 5.11 Å². The lowest BCUT2D eigenvalue weighted by atomic mass is 10.2. The van der Waals surface area contributed by atoms with Crippen LogP contribution >= 0.6 is 0 Å². The van der Waals surface area contributed by atoms with Crippen LogP contribution in [0.1, 0.15) is 21.7 Å². The van der Waals surface area contributed by atoms with Gasteiger partial charge in [0.05, 0.1) is 10.5 Å². The molecular formula is C11H10N2O5S. The maximum atomic E-state index is 12.1. The smallest absolute Gasteiger partial charge is 0.335 e. The van der Waals surface area contributed by atoms with E-state index in [9.17, 15) is 13.2 Å². The SMILES string of the molecule is Cc1nonc1CS(=O)(=O)c1cccc(C(=O)O)c1. The van der Waals surface area contributed by atoms with Crippen LogP contribution in [0.2, 0.25) is 0 Å². The molecule has 0 bridgehead atoms. The molecule has 1 N–H and O–H groups in total. The molecule has 0 amide bonds. The molecule has 0 aliphatic carbocycles. The number of nitrogens with zero attached hydrogens (tertiary/aromatic N) is 2. The van der Waals surface area contributed by atoms with Crippen LogP contribution in [0.5, 0.6) is 0 Å². The largest absolute Gasteiger partial charge is 0.478 e. The first-order chi connectivity index (χ1) is 8.90. The topological polar surface area (TPSA) is 110 Å². The fourth-order valence-corrected chi connectivity index (χ4v) is 2.85. The average Bonchev–Trinajstić information content (AvgIpc) is 2.74. The zero-order valence-corrected chi connectivity index (χ0v) is 10.7. The van der Waals surface area contributed by atoms with Crippen LogP contribution in [0, 0.1) is 6.92 Å². The second kappa shape index (κ2) is 4.81. The Balaban J connectivity index is 2.37. The number of carboxylic acids is 1. The third kappa shape index (κ3) is 2.79. The third-order valence-electron chi connectivity index (χ3n) is 2.51. The van der Waals surface area contributed by atoms with Gasteiger partial charge in [-0.3, -0.25) is 0 Å². The standard InChI is InChI=1S/C11H10N2O5S/c1-7-10(13-18-12-7)6-19(16,17)9-4-2-3-8(5-9)11(14)15/h2-5H,6H2,1H3,(H,14,15). The molecule has 0 atom stereocenters. The van der Waals surface area contributed by atoms with Crippen LogP contribution in [0.4, 0.5) is 0 Å². The Morgan fingerprint density at radius 3 is 2.68 bits per heavy atom. The quantitative estimate of drug-likeness (QED) is 0.892. The van der Waals surface area contributed by atoms with E-state index in [1.807, 2.05) is 0 Å². The van der Waals surface area contributed by atoms with Crippen molar-refractivity contribution in [3.05, 3.63) is 41.2 Å². The van der Waals surface area contributed by atoms with E-state index in [1.165, 1.54) is 18.2 Å². The van der Waals surface area contributed by atoms with Crippen LogP contribution in [-0.4, -0.2) is 29.8 Å². The van der Waals surface area contributed by atoms with Crippen molar-refractivity contribution in [2.24, 2.45) is 0 Å². The lowest BCUT2D eigenvalue weighted by Crippen LogP contribution is -2.08. The van der Waals surface area contributed by atoms with Crippen molar-refractivity contribution in [3.63, 3.8) is 0 Å². The number of aromatic carboxylic acids is 1. The second-order valence-electron chi connectivity index (χ2n) is 3.89. The Bertz CT molecular complexity index is 720. The monoisotopic (exact) mass is 282 g/mol. The highest BCUT2D eigenvalue weighted by atomic mass is 32.2. The third-order valence-corrected chi connectivity index (χ3v) is 4.14. The predicted octanol–water partition coefficient (Wildman–Crippen LogP) is 1.05. The number of carbonyl (C=O) groups is 1. The fourth-order valence-electron chi connectivity index (χ4n) is 1.47. The molecule has 0 saturated carbocycles. The van der Waals surface area contributed by atoms with Crippen LogP contribution in [0.3, 0.4) is 0 Å². The van der Waals surface area contributed by atoms with E-state index < -0.39 is 15.8 Å². The maximum absolute atomic E-state index is 12.1. The summed E-state index contributed by atoms with van der Waals surface area (Å²) in [6.07, 6.45) is 0. The maximum Gasteiger partial charge on any atom is 0.335 e. The minimum Gasteiger partial charge on any atom is -0.478 e. The summed E-state index contributed by atoms with van der Waals surface area (Å²) in [7, 11) is -3.69. The molecule has 2 aromatic rings. The summed E-state index contributed by atoms with van der Waals surface area (Å²) in [5.74, 6) is -1.57. The molecule has 0 aliphatic rings. The van der Waals surface area contributed by atoms with Crippen molar-refractivity contribution in [1.82, 2.24) is 10.3 Å². The van der Waals surface area contributed by atoms with Crippen molar-refractivity contribution >= 4 is 15.8 Å². The van der Waals surface area contributed by atoms with Gasteiger partial charge in [0, 0.05) is 0 Å².